The van der Waals surface area contributed by atoms with E-state index in [1.807, 2.05) is 13.8 Å². The molecule has 0 aliphatic heterocycles. The predicted octanol–water partition coefficient (Wildman–Crippen LogP) is 3.56. The smallest absolute Gasteiger partial charge is 0.200 e. The average Bonchev–Trinajstić information content (AvgIpc) is 2.42. The molecule has 0 bridgehead atoms. The van der Waals surface area contributed by atoms with Crippen LogP contribution in [-0.4, -0.2) is 26.5 Å². The Balaban J connectivity index is 2.55. The Morgan fingerprint density at radius 1 is 1.15 bits per heavy atom. The lowest BCUT2D eigenvalue weighted by Gasteiger charge is -2.13. The molecular formula is C14H18BrN5. The van der Waals surface area contributed by atoms with Crippen molar-refractivity contribution in [1.29, 1.82) is 0 Å². The summed E-state index contributed by atoms with van der Waals surface area (Å²) in [4.78, 5) is 17.7. The van der Waals surface area contributed by atoms with Gasteiger partial charge in [0.2, 0.25) is 0 Å². The van der Waals surface area contributed by atoms with Gasteiger partial charge in [-0.05, 0) is 41.3 Å². The maximum Gasteiger partial charge on any atom is 0.200 e. The summed E-state index contributed by atoms with van der Waals surface area (Å²) in [6.07, 6.45) is 3.55. The van der Waals surface area contributed by atoms with Gasteiger partial charge in [0, 0.05) is 18.9 Å². The van der Waals surface area contributed by atoms with Gasteiger partial charge < -0.3 is 5.32 Å². The first-order chi connectivity index (χ1) is 9.52. The van der Waals surface area contributed by atoms with E-state index in [1.165, 1.54) is 0 Å². The van der Waals surface area contributed by atoms with Crippen molar-refractivity contribution in [2.24, 2.45) is 0 Å². The highest BCUT2D eigenvalue weighted by atomic mass is 79.9. The summed E-state index contributed by atoms with van der Waals surface area (Å²) >= 11 is 3.57. The van der Waals surface area contributed by atoms with Gasteiger partial charge in [-0.15, -0.1) is 0 Å². The zero-order valence-electron chi connectivity index (χ0n) is 12.1. The van der Waals surface area contributed by atoms with Gasteiger partial charge in [0.25, 0.3) is 0 Å². The van der Waals surface area contributed by atoms with Gasteiger partial charge >= 0.3 is 0 Å². The van der Waals surface area contributed by atoms with E-state index in [0.717, 1.165) is 28.1 Å². The molecule has 0 aromatic carbocycles. The van der Waals surface area contributed by atoms with E-state index in [0.29, 0.717) is 11.6 Å². The molecule has 0 fully saturated rings. The van der Waals surface area contributed by atoms with Gasteiger partial charge in [0.1, 0.15) is 5.82 Å². The SMILES string of the molecule is CCNc1nc(-c2ncc(C)cn2)nc(C(C)C)c1Br. The molecule has 0 aliphatic rings. The molecule has 1 N–H and O–H groups in total. The lowest BCUT2D eigenvalue weighted by Crippen LogP contribution is -2.08. The van der Waals surface area contributed by atoms with Crippen LogP contribution in [-0.2, 0) is 0 Å². The first-order valence-corrected chi connectivity index (χ1v) is 7.42. The molecule has 0 radical (unpaired) electrons. The molecule has 2 aromatic rings. The van der Waals surface area contributed by atoms with E-state index in [-0.39, 0.29) is 5.92 Å². The minimum absolute atomic E-state index is 0.286. The van der Waals surface area contributed by atoms with Crippen LogP contribution >= 0.6 is 15.9 Å². The lowest BCUT2D eigenvalue weighted by atomic mass is 10.1. The third kappa shape index (κ3) is 3.12. The van der Waals surface area contributed by atoms with Crippen LogP contribution in [0.2, 0.25) is 0 Å². The van der Waals surface area contributed by atoms with Crippen LogP contribution in [0, 0.1) is 6.92 Å². The van der Waals surface area contributed by atoms with Crippen molar-refractivity contribution in [3.05, 3.63) is 28.1 Å². The molecule has 6 heteroatoms. The van der Waals surface area contributed by atoms with Crippen molar-refractivity contribution < 1.29 is 0 Å². The number of aryl methyl sites for hydroxylation is 1. The number of anilines is 1. The van der Waals surface area contributed by atoms with Crippen molar-refractivity contribution in [1.82, 2.24) is 19.9 Å². The second-order valence-corrected chi connectivity index (χ2v) is 5.66. The Morgan fingerprint density at radius 2 is 1.80 bits per heavy atom. The summed E-state index contributed by atoms with van der Waals surface area (Å²) < 4.78 is 0.908. The third-order valence-electron chi connectivity index (χ3n) is 2.75. The Labute approximate surface area is 127 Å². The molecule has 5 nitrogen and oxygen atoms in total. The van der Waals surface area contributed by atoms with Crippen LogP contribution in [0.5, 0.6) is 0 Å². The van der Waals surface area contributed by atoms with E-state index in [1.54, 1.807) is 12.4 Å². The molecule has 0 saturated heterocycles. The maximum absolute atomic E-state index is 4.59. The fourth-order valence-corrected chi connectivity index (χ4v) is 2.51. The van der Waals surface area contributed by atoms with Crippen molar-refractivity contribution in [2.75, 3.05) is 11.9 Å². The number of halogens is 1. The van der Waals surface area contributed by atoms with Gasteiger partial charge in [-0.25, -0.2) is 19.9 Å². The van der Waals surface area contributed by atoms with E-state index >= 15 is 0 Å². The van der Waals surface area contributed by atoms with E-state index in [4.69, 9.17) is 0 Å². The second-order valence-electron chi connectivity index (χ2n) is 4.86. The fraction of sp³-hybridized carbons (Fsp3) is 0.429. The molecular weight excluding hydrogens is 318 g/mol. The van der Waals surface area contributed by atoms with E-state index < -0.39 is 0 Å². The maximum atomic E-state index is 4.59. The summed E-state index contributed by atoms with van der Waals surface area (Å²) in [7, 11) is 0. The summed E-state index contributed by atoms with van der Waals surface area (Å²) in [6.45, 7) is 8.98. The number of hydrogen-bond acceptors (Lipinski definition) is 5. The van der Waals surface area contributed by atoms with Crippen LogP contribution in [0.15, 0.2) is 16.9 Å². The molecule has 0 saturated carbocycles. The number of aromatic nitrogens is 4. The van der Waals surface area contributed by atoms with Crippen LogP contribution in [0.1, 0.15) is 37.9 Å². The Bertz CT molecular complexity index is 595. The minimum atomic E-state index is 0.286. The highest BCUT2D eigenvalue weighted by Gasteiger charge is 2.16. The number of nitrogens with zero attached hydrogens (tertiary/aromatic N) is 4. The topological polar surface area (TPSA) is 63.6 Å². The average molecular weight is 336 g/mol. The number of hydrogen-bond donors (Lipinski definition) is 1. The van der Waals surface area contributed by atoms with Gasteiger partial charge in [-0.3, -0.25) is 0 Å². The van der Waals surface area contributed by atoms with Gasteiger partial charge in [-0.1, -0.05) is 13.8 Å². The molecule has 0 aliphatic carbocycles. The second kappa shape index (κ2) is 6.26. The van der Waals surface area contributed by atoms with Crippen LogP contribution in [0.3, 0.4) is 0 Å². The van der Waals surface area contributed by atoms with E-state index in [2.05, 4.69) is 55.0 Å². The lowest BCUT2D eigenvalue weighted by molar-refractivity contribution is 0.806. The molecule has 2 heterocycles. The van der Waals surface area contributed by atoms with E-state index in [9.17, 15) is 0 Å². The summed E-state index contributed by atoms with van der Waals surface area (Å²) in [5.74, 6) is 2.16. The predicted molar refractivity (Wildman–Crippen MR) is 83.7 cm³/mol. The molecule has 0 spiro atoms. The van der Waals surface area contributed by atoms with Gasteiger partial charge in [-0.2, -0.15) is 0 Å². The first kappa shape index (κ1) is 14.8. The zero-order chi connectivity index (χ0) is 14.7. The van der Waals surface area contributed by atoms with Gasteiger partial charge in [0.15, 0.2) is 11.6 Å². The van der Waals surface area contributed by atoms with Gasteiger partial charge in [0.05, 0.1) is 10.2 Å². The van der Waals surface area contributed by atoms with Crippen molar-refractivity contribution in [3.8, 4) is 11.6 Å². The van der Waals surface area contributed by atoms with Crippen molar-refractivity contribution in [2.45, 2.75) is 33.6 Å². The first-order valence-electron chi connectivity index (χ1n) is 6.63. The molecule has 2 aromatic heterocycles. The largest absolute Gasteiger partial charge is 0.369 e. The number of nitrogens with one attached hydrogen (secondary N) is 1. The van der Waals surface area contributed by atoms with Crippen molar-refractivity contribution >= 4 is 21.7 Å². The fourth-order valence-electron chi connectivity index (χ4n) is 1.74. The standard InChI is InChI=1S/C14H18BrN5/c1-5-16-12-10(15)11(8(2)3)19-14(20-12)13-17-6-9(4)7-18-13/h6-8H,5H2,1-4H3,(H,16,19,20). The third-order valence-corrected chi connectivity index (χ3v) is 3.53. The Morgan fingerprint density at radius 3 is 2.35 bits per heavy atom. The summed E-state index contributed by atoms with van der Waals surface area (Å²) in [5.41, 5.74) is 1.97. The van der Waals surface area contributed by atoms with Crippen LogP contribution < -0.4 is 5.32 Å². The molecule has 20 heavy (non-hydrogen) atoms. The van der Waals surface area contributed by atoms with Crippen LogP contribution in [0.4, 0.5) is 5.82 Å². The molecule has 2 rings (SSSR count). The van der Waals surface area contributed by atoms with Crippen molar-refractivity contribution in [3.63, 3.8) is 0 Å². The Hall–Kier alpha value is -1.56. The highest BCUT2D eigenvalue weighted by Crippen LogP contribution is 2.30. The molecule has 0 unspecified atom stereocenters. The molecule has 106 valence electrons. The Kier molecular flexibility index (Phi) is 4.65. The molecule has 0 atom stereocenters. The molecule has 0 amide bonds. The monoisotopic (exact) mass is 335 g/mol. The summed E-state index contributed by atoms with van der Waals surface area (Å²) in [5, 5.41) is 3.24. The van der Waals surface area contributed by atoms with Crippen LogP contribution in [0.25, 0.3) is 11.6 Å². The zero-order valence-corrected chi connectivity index (χ0v) is 13.7. The minimum Gasteiger partial charge on any atom is -0.369 e. The highest BCUT2D eigenvalue weighted by molar-refractivity contribution is 9.10. The number of rotatable bonds is 4. The summed E-state index contributed by atoms with van der Waals surface area (Å²) in [6, 6.07) is 0. The quantitative estimate of drug-likeness (QED) is 0.925. The normalized spacial score (nSPS) is 10.9.